The summed E-state index contributed by atoms with van der Waals surface area (Å²) in [6.45, 7) is 2.52. The molecule has 90 valence electrons. The van der Waals surface area contributed by atoms with Gasteiger partial charge in [0.15, 0.2) is 0 Å². The van der Waals surface area contributed by atoms with Crippen LogP contribution in [0.3, 0.4) is 0 Å². The molecule has 0 aromatic heterocycles. The molecule has 0 spiro atoms. The van der Waals surface area contributed by atoms with Crippen molar-refractivity contribution in [3.05, 3.63) is 35.1 Å². The molecule has 1 aliphatic rings. The van der Waals surface area contributed by atoms with Gasteiger partial charge in [-0.15, -0.1) is 0 Å². The lowest BCUT2D eigenvalue weighted by Gasteiger charge is -2.30. The van der Waals surface area contributed by atoms with Crippen LogP contribution in [-0.4, -0.2) is 24.0 Å². The monoisotopic (exact) mass is 233 g/mol. The quantitative estimate of drug-likeness (QED) is 0.844. The zero-order chi connectivity index (χ0) is 12.3. The number of benzene rings is 1. The van der Waals surface area contributed by atoms with Crippen molar-refractivity contribution in [1.82, 2.24) is 4.90 Å². The van der Waals surface area contributed by atoms with Gasteiger partial charge in [-0.25, -0.2) is 4.39 Å². The number of rotatable bonds is 2. The third kappa shape index (κ3) is 3.02. The lowest BCUT2D eigenvalue weighted by atomic mass is 10.0. The fourth-order valence-corrected chi connectivity index (χ4v) is 2.27. The SMILES string of the molecule is N#Cc1cc(F)ccc1CN1CCC[C@@H](N)C1. The van der Waals surface area contributed by atoms with E-state index in [1.807, 2.05) is 6.07 Å². The second kappa shape index (κ2) is 5.26. The van der Waals surface area contributed by atoms with Gasteiger partial charge in [0, 0.05) is 19.1 Å². The highest BCUT2D eigenvalue weighted by Gasteiger charge is 2.17. The number of hydrogen-bond acceptors (Lipinski definition) is 3. The molecule has 3 nitrogen and oxygen atoms in total. The summed E-state index contributed by atoms with van der Waals surface area (Å²) in [5.74, 6) is -0.361. The van der Waals surface area contributed by atoms with Gasteiger partial charge in [0.25, 0.3) is 0 Å². The Morgan fingerprint density at radius 1 is 1.53 bits per heavy atom. The van der Waals surface area contributed by atoms with Gasteiger partial charge in [0.1, 0.15) is 5.82 Å². The third-order valence-corrected chi connectivity index (χ3v) is 3.13. The van der Waals surface area contributed by atoms with E-state index in [-0.39, 0.29) is 11.9 Å². The van der Waals surface area contributed by atoms with E-state index in [9.17, 15) is 4.39 Å². The minimum atomic E-state index is -0.361. The Balaban J connectivity index is 2.10. The Kier molecular flexibility index (Phi) is 3.72. The van der Waals surface area contributed by atoms with E-state index in [4.69, 9.17) is 11.0 Å². The van der Waals surface area contributed by atoms with Crippen molar-refractivity contribution in [2.75, 3.05) is 13.1 Å². The van der Waals surface area contributed by atoms with Crippen LogP contribution in [0.15, 0.2) is 18.2 Å². The van der Waals surface area contributed by atoms with E-state index in [1.165, 1.54) is 12.1 Å². The summed E-state index contributed by atoms with van der Waals surface area (Å²) in [7, 11) is 0. The van der Waals surface area contributed by atoms with Crippen molar-refractivity contribution >= 4 is 0 Å². The molecule has 0 amide bonds. The van der Waals surface area contributed by atoms with E-state index in [0.717, 1.165) is 31.5 Å². The number of hydrogen-bond donors (Lipinski definition) is 1. The smallest absolute Gasteiger partial charge is 0.124 e. The molecule has 2 N–H and O–H groups in total. The summed E-state index contributed by atoms with van der Waals surface area (Å²) in [5.41, 5.74) is 7.21. The summed E-state index contributed by atoms with van der Waals surface area (Å²) in [5, 5.41) is 8.96. The van der Waals surface area contributed by atoms with Crippen LogP contribution in [0, 0.1) is 17.1 Å². The van der Waals surface area contributed by atoms with Crippen LogP contribution in [0.25, 0.3) is 0 Å². The Labute approximate surface area is 101 Å². The maximum absolute atomic E-state index is 13.0. The topological polar surface area (TPSA) is 53.0 Å². The largest absolute Gasteiger partial charge is 0.327 e. The van der Waals surface area contributed by atoms with Crippen molar-refractivity contribution in [2.24, 2.45) is 5.73 Å². The number of halogens is 1. The highest BCUT2D eigenvalue weighted by Crippen LogP contribution is 2.16. The van der Waals surface area contributed by atoms with Crippen LogP contribution in [-0.2, 0) is 6.54 Å². The first-order chi connectivity index (χ1) is 8.19. The van der Waals surface area contributed by atoms with Gasteiger partial charge < -0.3 is 5.73 Å². The second-order valence-corrected chi connectivity index (χ2v) is 4.55. The zero-order valence-corrected chi connectivity index (χ0v) is 9.69. The Bertz CT molecular complexity index is 439. The van der Waals surface area contributed by atoms with E-state index in [0.29, 0.717) is 12.1 Å². The molecule has 1 aromatic rings. The first-order valence-corrected chi connectivity index (χ1v) is 5.85. The number of nitriles is 1. The van der Waals surface area contributed by atoms with Crippen LogP contribution in [0.1, 0.15) is 24.0 Å². The van der Waals surface area contributed by atoms with Crippen molar-refractivity contribution in [3.63, 3.8) is 0 Å². The molecule has 17 heavy (non-hydrogen) atoms. The van der Waals surface area contributed by atoms with Crippen LogP contribution in [0.2, 0.25) is 0 Å². The van der Waals surface area contributed by atoms with Crippen molar-refractivity contribution in [1.29, 1.82) is 5.26 Å². The van der Waals surface area contributed by atoms with Crippen LogP contribution < -0.4 is 5.73 Å². The maximum atomic E-state index is 13.0. The average molecular weight is 233 g/mol. The molecule has 2 rings (SSSR count). The molecule has 0 radical (unpaired) electrons. The number of nitrogens with two attached hydrogens (primary N) is 1. The van der Waals surface area contributed by atoms with E-state index in [1.54, 1.807) is 6.07 Å². The molecule has 1 atom stereocenters. The van der Waals surface area contributed by atoms with E-state index >= 15 is 0 Å². The first kappa shape index (κ1) is 12.0. The van der Waals surface area contributed by atoms with E-state index in [2.05, 4.69) is 4.90 Å². The summed E-state index contributed by atoms with van der Waals surface area (Å²) < 4.78 is 13.0. The molecule has 1 aromatic carbocycles. The van der Waals surface area contributed by atoms with Crippen molar-refractivity contribution in [3.8, 4) is 6.07 Å². The third-order valence-electron chi connectivity index (χ3n) is 3.13. The molecule has 0 saturated carbocycles. The van der Waals surface area contributed by atoms with Crippen LogP contribution >= 0.6 is 0 Å². The standard InChI is InChI=1S/C13H16FN3/c14-12-4-3-10(11(6-12)7-15)8-17-5-1-2-13(16)9-17/h3-4,6,13H,1-2,5,8-9,16H2/t13-/m1/s1. The molecule has 1 saturated heterocycles. The molecule has 0 aliphatic carbocycles. The highest BCUT2D eigenvalue weighted by atomic mass is 19.1. The Morgan fingerprint density at radius 3 is 3.06 bits per heavy atom. The van der Waals surface area contributed by atoms with Gasteiger partial charge >= 0.3 is 0 Å². The lowest BCUT2D eigenvalue weighted by molar-refractivity contribution is 0.201. The molecular weight excluding hydrogens is 217 g/mol. The van der Waals surface area contributed by atoms with Gasteiger partial charge in [0.05, 0.1) is 11.6 Å². The summed E-state index contributed by atoms with van der Waals surface area (Å²) in [6, 6.07) is 6.64. The minimum absolute atomic E-state index is 0.217. The number of nitrogens with zero attached hydrogens (tertiary/aromatic N) is 2. The molecular formula is C13H16FN3. The summed E-state index contributed by atoms with van der Waals surface area (Å²) >= 11 is 0. The second-order valence-electron chi connectivity index (χ2n) is 4.55. The van der Waals surface area contributed by atoms with Crippen LogP contribution in [0.5, 0.6) is 0 Å². The Morgan fingerprint density at radius 2 is 2.35 bits per heavy atom. The summed E-state index contributed by atoms with van der Waals surface area (Å²) in [4.78, 5) is 2.22. The zero-order valence-electron chi connectivity index (χ0n) is 9.69. The highest BCUT2D eigenvalue weighted by molar-refractivity contribution is 5.37. The predicted octanol–water partition coefficient (Wildman–Crippen LogP) is 1.62. The fraction of sp³-hybridized carbons (Fsp3) is 0.462. The fourth-order valence-electron chi connectivity index (χ4n) is 2.27. The van der Waals surface area contributed by atoms with Gasteiger partial charge in [0.2, 0.25) is 0 Å². The predicted molar refractivity (Wildman–Crippen MR) is 63.6 cm³/mol. The van der Waals surface area contributed by atoms with Crippen molar-refractivity contribution < 1.29 is 4.39 Å². The maximum Gasteiger partial charge on any atom is 0.124 e. The molecule has 0 bridgehead atoms. The van der Waals surface area contributed by atoms with Crippen molar-refractivity contribution in [2.45, 2.75) is 25.4 Å². The van der Waals surface area contributed by atoms with Gasteiger partial charge in [-0.2, -0.15) is 5.26 Å². The van der Waals surface area contributed by atoms with Gasteiger partial charge in [-0.1, -0.05) is 6.07 Å². The van der Waals surface area contributed by atoms with Gasteiger partial charge in [-0.05, 0) is 37.1 Å². The first-order valence-electron chi connectivity index (χ1n) is 5.85. The summed E-state index contributed by atoms with van der Waals surface area (Å²) in [6.07, 6.45) is 2.15. The van der Waals surface area contributed by atoms with Gasteiger partial charge in [-0.3, -0.25) is 4.90 Å². The molecule has 1 aliphatic heterocycles. The Hall–Kier alpha value is -1.44. The molecule has 1 heterocycles. The average Bonchev–Trinajstić information content (AvgIpc) is 2.31. The van der Waals surface area contributed by atoms with Crippen LogP contribution in [0.4, 0.5) is 4.39 Å². The molecule has 4 heteroatoms. The minimum Gasteiger partial charge on any atom is -0.327 e. The van der Waals surface area contributed by atoms with E-state index < -0.39 is 0 Å². The lowest BCUT2D eigenvalue weighted by Crippen LogP contribution is -2.42. The number of likely N-dealkylation sites (tertiary alicyclic amines) is 1. The number of piperidine rings is 1. The normalized spacial score (nSPS) is 21.1. The molecule has 0 unspecified atom stereocenters. The molecule has 1 fully saturated rings.